The SMILES string of the molecule is COc1cccc(/C=C(\C(=O)O)c2ccc(C)c(Cl)c2)c1. The normalized spacial score (nSPS) is 11.3. The van der Waals surface area contributed by atoms with Crippen LogP contribution in [0.25, 0.3) is 11.6 Å². The van der Waals surface area contributed by atoms with Crippen LogP contribution < -0.4 is 4.74 Å². The van der Waals surface area contributed by atoms with E-state index in [2.05, 4.69) is 0 Å². The molecule has 0 atom stereocenters. The lowest BCUT2D eigenvalue weighted by molar-refractivity contribution is -0.130. The van der Waals surface area contributed by atoms with Gasteiger partial charge in [-0.2, -0.15) is 0 Å². The van der Waals surface area contributed by atoms with Crippen molar-refractivity contribution < 1.29 is 14.6 Å². The first kappa shape index (κ1) is 15.1. The molecule has 0 bridgehead atoms. The summed E-state index contributed by atoms with van der Waals surface area (Å²) in [6.45, 7) is 1.87. The van der Waals surface area contributed by atoms with Gasteiger partial charge in [-0.15, -0.1) is 0 Å². The predicted octanol–water partition coefficient (Wildman–Crippen LogP) is 4.28. The van der Waals surface area contributed by atoms with E-state index in [-0.39, 0.29) is 5.57 Å². The second kappa shape index (κ2) is 6.46. The van der Waals surface area contributed by atoms with Crippen molar-refractivity contribution in [2.45, 2.75) is 6.92 Å². The van der Waals surface area contributed by atoms with Gasteiger partial charge in [-0.25, -0.2) is 4.79 Å². The maximum absolute atomic E-state index is 11.5. The fourth-order valence-electron chi connectivity index (χ4n) is 1.93. The van der Waals surface area contributed by atoms with E-state index in [0.29, 0.717) is 16.3 Å². The van der Waals surface area contributed by atoms with E-state index >= 15 is 0 Å². The van der Waals surface area contributed by atoms with E-state index < -0.39 is 5.97 Å². The number of hydrogen-bond donors (Lipinski definition) is 1. The fraction of sp³-hybridized carbons (Fsp3) is 0.118. The molecule has 3 nitrogen and oxygen atoms in total. The van der Waals surface area contributed by atoms with Gasteiger partial charge in [0.2, 0.25) is 0 Å². The molecule has 2 aromatic carbocycles. The van der Waals surface area contributed by atoms with Gasteiger partial charge in [0.1, 0.15) is 5.75 Å². The fourth-order valence-corrected chi connectivity index (χ4v) is 2.11. The van der Waals surface area contributed by atoms with Crippen LogP contribution in [0, 0.1) is 6.92 Å². The van der Waals surface area contributed by atoms with Crippen LogP contribution in [0.3, 0.4) is 0 Å². The first-order valence-corrected chi connectivity index (χ1v) is 6.74. The molecule has 1 N–H and O–H groups in total. The molecule has 0 saturated carbocycles. The lowest BCUT2D eigenvalue weighted by Gasteiger charge is -2.06. The summed E-state index contributed by atoms with van der Waals surface area (Å²) in [5.74, 6) is -0.326. The van der Waals surface area contributed by atoms with Gasteiger partial charge in [0.05, 0.1) is 12.7 Å². The highest BCUT2D eigenvalue weighted by molar-refractivity contribution is 6.32. The molecule has 0 aliphatic heterocycles. The number of hydrogen-bond acceptors (Lipinski definition) is 2. The molecule has 0 fully saturated rings. The summed E-state index contributed by atoms with van der Waals surface area (Å²) >= 11 is 6.07. The van der Waals surface area contributed by atoms with Crippen LogP contribution in [-0.4, -0.2) is 18.2 Å². The second-order valence-electron chi connectivity index (χ2n) is 4.60. The molecule has 21 heavy (non-hydrogen) atoms. The summed E-state index contributed by atoms with van der Waals surface area (Å²) in [6, 6.07) is 12.4. The van der Waals surface area contributed by atoms with Crippen molar-refractivity contribution in [3.8, 4) is 5.75 Å². The average molecular weight is 303 g/mol. The quantitative estimate of drug-likeness (QED) is 0.677. The first-order valence-electron chi connectivity index (χ1n) is 6.37. The molecule has 0 heterocycles. The predicted molar refractivity (Wildman–Crippen MR) is 84.7 cm³/mol. The molecule has 0 aromatic heterocycles. The van der Waals surface area contributed by atoms with Crippen LogP contribution in [-0.2, 0) is 4.79 Å². The van der Waals surface area contributed by atoms with Crippen LogP contribution >= 0.6 is 11.6 Å². The third-order valence-corrected chi connectivity index (χ3v) is 3.53. The zero-order chi connectivity index (χ0) is 15.4. The van der Waals surface area contributed by atoms with Crippen molar-refractivity contribution in [3.63, 3.8) is 0 Å². The molecule has 0 radical (unpaired) electrons. The van der Waals surface area contributed by atoms with Gasteiger partial charge in [-0.1, -0.05) is 35.9 Å². The monoisotopic (exact) mass is 302 g/mol. The molecular formula is C17H15ClO3. The average Bonchev–Trinajstić information content (AvgIpc) is 2.47. The van der Waals surface area contributed by atoms with Crippen molar-refractivity contribution in [2.24, 2.45) is 0 Å². The molecule has 2 aromatic rings. The molecule has 0 saturated heterocycles. The summed E-state index contributed by atoms with van der Waals surface area (Å²) in [5.41, 5.74) is 2.42. The van der Waals surface area contributed by atoms with Gasteiger partial charge in [0.15, 0.2) is 0 Å². The summed E-state index contributed by atoms with van der Waals surface area (Å²) in [6.07, 6.45) is 1.60. The maximum Gasteiger partial charge on any atom is 0.336 e. The van der Waals surface area contributed by atoms with Crippen LogP contribution in [0.1, 0.15) is 16.7 Å². The van der Waals surface area contributed by atoms with Gasteiger partial charge in [-0.05, 0) is 47.9 Å². The highest BCUT2D eigenvalue weighted by Gasteiger charge is 2.12. The number of halogens is 1. The van der Waals surface area contributed by atoms with Gasteiger partial charge in [0.25, 0.3) is 0 Å². The van der Waals surface area contributed by atoms with E-state index in [4.69, 9.17) is 16.3 Å². The van der Waals surface area contributed by atoms with Crippen LogP contribution in [0.5, 0.6) is 5.75 Å². The minimum Gasteiger partial charge on any atom is -0.497 e. The van der Waals surface area contributed by atoms with Gasteiger partial charge >= 0.3 is 5.97 Å². The molecule has 0 aliphatic carbocycles. The van der Waals surface area contributed by atoms with Crippen LogP contribution in [0.15, 0.2) is 42.5 Å². The van der Waals surface area contributed by atoms with Crippen molar-refractivity contribution in [2.75, 3.05) is 7.11 Å². The number of rotatable bonds is 4. The van der Waals surface area contributed by atoms with Crippen molar-refractivity contribution >= 4 is 29.2 Å². The highest BCUT2D eigenvalue weighted by atomic mass is 35.5. The molecule has 0 aliphatic rings. The lowest BCUT2D eigenvalue weighted by atomic mass is 10.0. The largest absolute Gasteiger partial charge is 0.497 e. The van der Waals surface area contributed by atoms with Gasteiger partial charge in [-0.3, -0.25) is 0 Å². The molecule has 108 valence electrons. The zero-order valence-electron chi connectivity index (χ0n) is 11.8. The van der Waals surface area contributed by atoms with E-state index in [1.807, 2.05) is 19.1 Å². The summed E-state index contributed by atoms with van der Waals surface area (Å²) < 4.78 is 5.14. The van der Waals surface area contributed by atoms with Crippen molar-refractivity contribution in [1.82, 2.24) is 0 Å². The Kier molecular flexibility index (Phi) is 4.66. The summed E-state index contributed by atoms with van der Waals surface area (Å²) in [7, 11) is 1.57. The third-order valence-electron chi connectivity index (χ3n) is 3.12. The molecule has 0 spiro atoms. The van der Waals surface area contributed by atoms with E-state index in [9.17, 15) is 9.90 Å². The number of ether oxygens (including phenoxy) is 1. The van der Waals surface area contributed by atoms with Crippen molar-refractivity contribution in [1.29, 1.82) is 0 Å². The van der Waals surface area contributed by atoms with E-state index in [0.717, 1.165) is 11.1 Å². The Morgan fingerprint density at radius 1 is 1.24 bits per heavy atom. The Bertz CT molecular complexity index is 705. The number of benzene rings is 2. The minimum absolute atomic E-state index is 0.185. The number of carboxylic acid groups (broad SMARTS) is 1. The lowest BCUT2D eigenvalue weighted by Crippen LogP contribution is -2.00. The van der Waals surface area contributed by atoms with Crippen molar-refractivity contribution in [3.05, 3.63) is 64.2 Å². The zero-order valence-corrected chi connectivity index (χ0v) is 12.5. The Hall–Kier alpha value is -2.26. The van der Waals surface area contributed by atoms with Gasteiger partial charge < -0.3 is 9.84 Å². The van der Waals surface area contributed by atoms with E-state index in [1.165, 1.54) is 0 Å². The van der Waals surface area contributed by atoms with Gasteiger partial charge in [0, 0.05) is 5.02 Å². The summed E-state index contributed by atoms with van der Waals surface area (Å²) in [5, 5.41) is 9.98. The number of carbonyl (C=O) groups is 1. The molecular weight excluding hydrogens is 288 g/mol. The Morgan fingerprint density at radius 3 is 2.62 bits per heavy atom. The van der Waals surface area contributed by atoms with Crippen LogP contribution in [0.4, 0.5) is 0 Å². The number of carboxylic acids is 1. The summed E-state index contributed by atoms with van der Waals surface area (Å²) in [4.78, 5) is 11.5. The van der Waals surface area contributed by atoms with Crippen LogP contribution in [0.2, 0.25) is 5.02 Å². The number of aliphatic carboxylic acids is 1. The second-order valence-corrected chi connectivity index (χ2v) is 5.01. The Balaban J connectivity index is 2.49. The first-order chi connectivity index (χ1) is 10.0. The van der Waals surface area contributed by atoms with E-state index in [1.54, 1.807) is 43.5 Å². The Labute approximate surface area is 128 Å². The molecule has 0 amide bonds. The smallest absolute Gasteiger partial charge is 0.336 e. The standard InChI is InChI=1S/C17H15ClO3/c1-11-6-7-13(10-16(11)18)15(17(19)20)9-12-4-3-5-14(8-12)21-2/h3-10H,1-2H3,(H,19,20)/b15-9-. The number of aryl methyl sites for hydroxylation is 1. The molecule has 4 heteroatoms. The number of methoxy groups -OCH3 is 1. The maximum atomic E-state index is 11.5. The molecule has 0 unspecified atom stereocenters. The third kappa shape index (κ3) is 3.64. The topological polar surface area (TPSA) is 46.5 Å². The molecule has 2 rings (SSSR count). The minimum atomic E-state index is -1.00. The highest BCUT2D eigenvalue weighted by Crippen LogP contribution is 2.25. The Morgan fingerprint density at radius 2 is 2.00 bits per heavy atom.